The Hall–Kier alpha value is -0.940. The standard InChI is InChI=1S/C18H29NO6P2/c1-6-19(7-2)16-12-11-15-13-18(26(20,22-8-3)23-9-4)27(21,24-10-5)25-17(15)14-16/h11-14H,6-10H2,1-5H3. The van der Waals surface area contributed by atoms with Crippen molar-refractivity contribution in [1.82, 2.24) is 0 Å². The predicted octanol–water partition coefficient (Wildman–Crippen LogP) is 4.65. The Morgan fingerprint density at radius 2 is 1.70 bits per heavy atom. The van der Waals surface area contributed by atoms with Gasteiger partial charge in [0, 0.05) is 36.5 Å². The van der Waals surface area contributed by atoms with Gasteiger partial charge in [0.1, 0.15) is 0 Å². The molecular weight excluding hydrogens is 388 g/mol. The maximum Gasteiger partial charge on any atom is 0.401 e. The number of anilines is 1. The number of rotatable bonds is 10. The summed E-state index contributed by atoms with van der Waals surface area (Å²) in [6, 6.07) is 5.63. The fraction of sp³-hybridized carbons (Fsp3) is 0.556. The summed E-state index contributed by atoms with van der Waals surface area (Å²) < 4.78 is 35.3. The number of hydrogen-bond donors (Lipinski definition) is 0. The van der Waals surface area contributed by atoms with Crippen molar-refractivity contribution in [3.8, 4) is 5.75 Å². The van der Waals surface area contributed by atoms with E-state index in [4.69, 9.17) is 18.1 Å². The lowest BCUT2D eigenvalue weighted by Gasteiger charge is -2.34. The molecule has 1 aromatic rings. The van der Waals surface area contributed by atoms with Crippen molar-refractivity contribution in [2.45, 2.75) is 34.6 Å². The summed E-state index contributed by atoms with van der Waals surface area (Å²) in [4.78, 5) is 15.6. The highest BCUT2D eigenvalue weighted by Gasteiger charge is 2.53. The van der Waals surface area contributed by atoms with Crippen LogP contribution in [0.5, 0.6) is 5.75 Å². The van der Waals surface area contributed by atoms with Crippen LogP contribution < -0.4 is 14.3 Å². The molecule has 0 radical (unpaired) electrons. The molecule has 0 saturated carbocycles. The van der Waals surface area contributed by atoms with Crippen LogP contribution in [0.3, 0.4) is 0 Å². The van der Waals surface area contributed by atoms with Crippen LogP contribution in [0.25, 0.3) is 6.08 Å². The van der Waals surface area contributed by atoms with Crippen molar-refractivity contribution in [3.63, 3.8) is 0 Å². The molecular formula is C18H29NO6P2. The maximum atomic E-state index is 13.5. The Kier molecular flexibility index (Phi) is 7.87. The van der Waals surface area contributed by atoms with Crippen LogP contribution in [-0.4, -0.2) is 32.9 Å². The largest absolute Gasteiger partial charge is 0.619 e. The molecule has 0 fully saturated rings. The van der Waals surface area contributed by atoms with E-state index in [1.54, 1.807) is 26.8 Å². The molecule has 0 saturated heterocycles. The second kappa shape index (κ2) is 9.51. The van der Waals surface area contributed by atoms with Gasteiger partial charge in [-0.25, -0.2) is 0 Å². The van der Waals surface area contributed by atoms with E-state index in [-0.39, 0.29) is 24.9 Å². The molecule has 1 atom stereocenters. The van der Waals surface area contributed by atoms with E-state index < -0.39 is 15.5 Å². The molecule has 1 aliphatic rings. The van der Waals surface area contributed by atoms with Gasteiger partial charge in [-0.2, -0.15) is 4.52 Å². The van der Waals surface area contributed by atoms with Gasteiger partial charge in [-0.15, -0.1) is 0 Å². The number of hydrogen-bond acceptors (Lipinski definition) is 7. The first-order valence-corrected chi connectivity index (χ1v) is 12.4. The fourth-order valence-corrected chi connectivity index (χ4v) is 7.39. The fourth-order valence-electron chi connectivity index (χ4n) is 2.90. The molecule has 0 spiro atoms. The van der Waals surface area contributed by atoms with Gasteiger partial charge in [-0.05, 0) is 46.8 Å². The van der Waals surface area contributed by atoms with Crippen LogP contribution in [0, 0.1) is 0 Å². The minimum absolute atomic E-state index is 0.0522. The van der Waals surface area contributed by atoms with Crippen LogP contribution in [0.15, 0.2) is 23.3 Å². The van der Waals surface area contributed by atoms with Gasteiger partial charge in [-0.1, -0.05) is 0 Å². The summed E-state index contributed by atoms with van der Waals surface area (Å²) in [6.07, 6.45) is 1.56. The molecule has 1 unspecified atom stereocenters. The molecule has 1 heterocycles. The predicted molar refractivity (Wildman–Crippen MR) is 108 cm³/mol. The highest BCUT2D eigenvalue weighted by molar-refractivity contribution is 7.82. The summed E-state index contributed by atoms with van der Waals surface area (Å²) >= 11 is 0. The molecule has 1 aromatic carbocycles. The molecule has 0 aromatic heterocycles. The van der Waals surface area contributed by atoms with Gasteiger partial charge in [0.25, 0.3) is 0 Å². The minimum Gasteiger partial charge on any atom is -0.619 e. The van der Waals surface area contributed by atoms with Gasteiger partial charge in [-0.3, -0.25) is 4.57 Å². The number of nitrogens with zero attached hydrogens (tertiary/aromatic N) is 1. The summed E-state index contributed by atoms with van der Waals surface area (Å²) in [5, 5.41) is -0.0522. The van der Waals surface area contributed by atoms with Crippen molar-refractivity contribution in [3.05, 3.63) is 28.8 Å². The third-order valence-corrected chi connectivity index (χ3v) is 9.17. The average Bonchev–Trinajstić information content (AvgIpc) is 2.62. The molecule has 0 N–H and O–H groups in total. The molecule has 7 nitrogen and oxygen atoms in total. The Balaban J connectivity index is 2.57. The molecule has 9 heteroatoms. The van der Waals surface area contributed by atoms with E-state index in [2.05, 4.69) is 18.7 Å². The number of benzene rings is 1. The summed E-state index contributed by atoms with van der Waals surface area (Å²) in [5.74, 6) is 0.430. The smallest absolute Gasteiger partial charge is 0.401 e. The lowest BCUT2D eigenvalue weighted by Crippen LogP contribution is -2.25. The molecule has 27 heavy (non-hydrogen) atoms. The molecule has 0 bridgehead atoms. The molecule has 0 amide bonds. The van der Waals surface area contributed by atoms with Crippen LogP contribution in [0.1, 0.15) is 40.2 Å². The van der Waals surface area contributed by atoms with Crippen molar-refractivity contribution in [2.24, 2.45) is 0 Å². The monoisotopic (exact) mass is 417 g/mol. The zero-order valence-electron chi connectivity index (χ0n) is 16.6. The van der Waals surface area contributed by atoms with Crippen molar-refractivity contribution in [2.75, 3.05) is 37.8 Å². The van der Waals surface area contributed by atoms with Gasteiger partial charge in [0.2, 0.25) is 5.06 Å². The lowest BCUT2D eigenvalue weighted by molar-refractivity contribution is -0.206. The third-order valence-electron chi connectivity index (χ3n) is 4.09. The Bertz CT molecular complexity index is 712. The first-order chi connectivity index (χ1) is 12.9. The van der Waals surface area contributed by atoms with E-state index >= 15 is 0 Å². The highest BCUT2D eigenvalue weighted by atomic mass is 31.3. The molecule has 152 valence electrons. The first kappa shape index (κ1) is 22.4. The van der Waals surface area contributed by atoms with E-state index in [1.165, 1.54) is 0 Å². The maximum absolute atomic E-state index is 13.5. The van der Waals surface area contributed by atoms with E-state index in [0.29, 0.717) is 11.3 Å². The second-order valence-electron chi connectivity index (χ2n) is 5.74. The molecule has 2 rings (SSSR count). The van der Waals surface area contributed by atoms with Gasteiger partial charge in [0.05, 0.1) is 19.8 Å². The second-order valence-corrected chi connectivity index (χ2v) is 10.00. The number of fused-ring (bicyclic) bond motifs is 1. The lowest BCUT2D eigenvalue weighted by atomic mass is 10.1. The average molecular weight is 417 g/mol. The highest BCUT2D eigenvalue weighted by Crippen LogP contribution is 2.77. The van der Waals surface area contributed by atoms with E-state index in [0.717, 1.165) is 18.8 Å². The Labute approximate surface area is 162 Å². The van der Waals surface area contributed by atoms with E-state index in [1.807, 2.05) is 18.2 Å². The SMILES string of the molecule is CCOP(=O)(OCC)C1=Cc2ccc(N(CC)CC)cc2O[P+]1([O-])OCC. The molecule has 1 aliphatic heterocycles. The first-order valence-electron chi connectivity index (χ1n) is 9.32. The zero-order chi connectivity index (χ0) is 20.1. The topological polar surface area (TPSA) is 80.3 Å². The molecule has 0 aliphatic carbocycles. The normalized spacial score (nSPS) is 19.3. The Morgan fingerprint density at radius 3 is 2.22 bits per heavy atom. The summed E-state index contributed by atoms with van der Waals surface area (Å²) in [7, 11) is -7.68. The van der Waals surface area contributed by atoms with E-state index in [9.17, 15) is 9.46 Å². The van der Waals surface area contributed by atoms with Crippen LogP contribution in [0.2, 0.25) is 0 Å². The summed E-state index contributed by atoms with van der Waals surface area (Å²) in [5.41, 5.74) is 1.61. The minimum atomic E-state index is -3.87. The van der Waals surface area contributed by atoms with Gasteiger partial charge < -0.3 is 23.4 Å². The van der Waals surface area contributed by atoms with Gasteiger partial charge >= 0.3 is 15.5 Å². The quantitative estimate of drug-likeness (QED) is 0.513. The van der Waals surface area contributed by atoms with Crippen molar-refractivity contribution >= 4 is 27.3 Å². The van der Waals surface area contributed by atoms with Crippen molar-refractivity contribution in [1.29, 1.82) is 0 Å². The van der Waals surface area contributed by atoms with Crippen molar-refractivity contribution < 1.29 is 27.6 Å². The van der Waals surface area contributed by atoms with Crippen LogP contribution in [0.4, 0.5) is 5.69 Å². The zero-order valence-corrected chi connectivity index (χ0v) is 18.4. The van der Waals surface area contributed by atoms with Gasteiger partial charge in [0.15, 0.2) is 5.75 Å². The van der Waals surface area contributed by atoms with Crippen LogP contribution in [-0.2, 0) is 18.1 Å². The van der Waals surface area contributed by atoms with Crippen LogP contribution >= 0.6 is 15.5 Å². The Morgan fingerprint density at radius 1 is 1.07 bits per heavy atom. The third kappa shape index (κ3) is 4.73. The summed E-state index contributed by atoms with van der Waals surface area (Å²) in [6.45, 7) is 11.3.